The van der Waals surface area contributed by atoms with E-state index in [9.17, 15) is 9.59 Å². The molecule has 1 saturated carbocycles. The van der Waals surface area contributed by atoms with Crippen LogP contribution in [-0.2, 0) is 16.0 Å². The molecule has 1 N–H and O–H groups in total. The van der Waals surface area contributed by atoms with Crippen LogP contribution in [-0.4, -0.2) is 64.9 Å². The number of aromatic nitrogens is 1. The number of nitrogens with one attached hydrogen (secondary N) is 1. The molecule has 1 unspecified atom stereocenters. The van der Waals surface area contributed by atoms with Crippen LogP contribution in [0.5, 0.6) is 0 Å². The fourth-order valence-corrected chi connectivity index (χ4v) is 3.61. The molecule has 2 aromatic rings. The molecule has 7 nitrogen and oxygen atoms in total. The molecule has 2 amide bonds. The summed E-state index contributed by atoms with van der Waals surface area (Å²) in [6.07, 6.45) is 4.77. The van der Waals surface area contributed by atoms with Crippen molar-refractivity contribution in [2.45, 2.75) is 44.7 Å². The highest BCUT2D eigenvalue weighted by molar-refractivity contribution is 5.82. The molecule has 0 spiro atoms. The largest absolute Gasteiger partial charge is 0.441 e. The average Bonchev–Trinajstić information content (AvgIpc) is 3.45. The van der Waals surface area contributed by atoms with Crippen LogP contribution >= 0.6 is 0 Å². The van der Waals surface area contributed by atoms with Crippen LogP contribution in [0.25, 0.3) is 11.3 Å². The molecule has 4 rings (SSSR count). The van der Waals surface area contributed by atoms with E-state index in [1.807, 2.05) is 42.2 Å². The van der Waals surface area contributed by atoms with Gasteiger partial charge in [0.1, 0.15) is 0 Å². The van der Waals surface area contributed by atoms with E-state index in [-0.39, 0.29) is 17.9 Å². The molecule has 7 heteroatoms. The molecule has 0 bridgehead atoms. The van der Waals surface area contributed by atoms with Crippen LogP contribution in [0.2, 0.25) is 0 Å². The van der Waals surface area contributed by atoms with Gasteiger partial charge in [-0.05, 0) is 19.8 Å². The van der Waals surface area contributed by atoms with Crippen molar-refractivity contribution in [2.75, 3.05) is 26.2 Å². The number of hydrogen-bond donors (Lipinski definition) is 1. The minimum atomic E-state index is -0.142. The van der Waals surface area contributed by atoms with Gasteiger partial charge in [-0.2, -0.15) is 0 Å². The van der Waals surface area contributed by atoms with Gasteiger partial charge < -0.3 is 14.6 Å². The first kappa shape index (κ1) is 19.6. The zero-order valence-electron chi connectivity index (χ0n) is 16.8. The van der Waals surface area contributed by atoms with Gasteiger partial charge in [0.2, 0.25) is 11.8 Å². The number of carbonyl (C=O) groups is 2. The quantitative estimate of drug-likeness (QED) is 0.775. The second-order valence-electron chi connectivity index (χ2n) is 7.86. The monoisotopic (exact) mass is 396 g/mol. The first-order valence-corrected chi connectivity index (χ1v) is 10.4. The molecule has 1 aliphatic carbocycles. The molecule has 154 valence electrons. The fourth-order valence-electron chi connectivity index (χ4n) is 3.61. The van der Waals surface area contributed by atoms with Crippen molar-refractivity contribution < 1.29 is 14.0 Å². The lowest BCUT2D eigenvalue weighted by Gasteiger charge is -2.37. The number of piperazine rings is 1. The van der Waals surface area contributed by atoms with Crippen molar-refractivity contribution in [3.63, 3.8) is 0 Å². The van der Waals surface area contributed by atoms with Gasteiger partial charge in [-0.15, -0.1) is 0 Å². The molecule has 1 aromatic heterocycles. The molecule has 2 fully saturated rings. The second kappa shape index (κ2) is 8.78. The number of aryl methyl sites for hydroxylation is 1. The molecule has 29 heavy (non-hydrogen) atoms. The van der Waals surface area contributed by atoms with Crippen LogP contribution in [0.15, 0.2) is 40.9 Å². The lowest BCUT2D eigenvalue weighted by atomic mass is 10.2. The molecule has 1 saturated heterocycles. The van der Waals surface area contributed by atoms with E-state index >= 15 is 0 Å². The summed E-state index contributed by atoms with van der Waals surface area (Å²) in [5.41, 5.74) is 0.980. The molecule has 1 aromatic carbocycles. The van der Waals surface area contributed by atoms with E-state index in [0.29, 0.717) is 37.9 Å². The van der Waals surface area contributed by atoms with Crippen LogP contribution in [0.3, 0.4) is 0 Å². The highest BCUT2D eigenvalue weighted by Gasteiger charge is 2.30. The molecular formula is C22H28N4O3. The maximum absolute atomic E-state index is 12.6. The molecule has 2 heterocycles. The maximum atomic E-state index is 12.6. The molecule has 1 aliphatic heterocycles. The Bertz CT molecular complexity index is 839. The number of carbonyl (C=O) groups excluding carboxylic acids is 2. The van der Waals surface area contributed by atoms with Crippen molar-refractivity contribution in [3.05, 3.63) is 42.4 Å². The summed E-state index contributed by atoms with van der Waals surface area (Å²) in [6, 6.07) is 10.1. The van der Waals surface area contributed by atoms with E-state index in [1.54, 1.807) is 6.20 Å². The third-order valence-corrected chi connectivity index (χ3v) is 5.68. The van der Waals surface area contributed by atoms with Crippen LogP contribution in [0, 0.1) is 0 Å². The third-order valence-electron chi connectivity index (χ3n) is 5.68. The van der Waals surface area contributed by atoms with E-state index in [0.717, 1.165) is 37.3 Å². The van der Waals surface area contributed by atoms with Crippen molar-refractivity contribution >= 4 is 11.8 Å². The summed E-state index contributed by atoms with van der Waals surface area (Å²) in [7, 11) is 0. The Kier molecular flexibility index (Phi) is 5.94. The van der Waals surface area contributed by atoms with Gasteiger partial charge in [0.05, 0.1) is 12.2 Å². The summed E-state index contributed by atoms with van der Waals surface area (Å²) < 4.78 is 5.78. The first-order chi connectivity index (χ1) is 14.1. The topological polar surface area (TPSA) is 78.7 Å². The van der Waals surface area contributed by atoms with Gasteiger partial charge in [0.15, 0.2) is 11.7 Å². The van der Waals surface area contributed by atoms with Gasteiger partial charge >= 0.3 is 0 Å². The van der Waals surface area contributed by atoms with Gasteiger partial charge in [0.25, 0.3) is 0 Å². The van der Waals surface area contributed by atoms with E-state index in [4.69, 9.17) is 4.42 Å². The Hall–Kier alpha value is -2.67. The zero-order valence-corrected chi connectivity index (χ0v) is 16.8. The number of rotatable bonds is 7. The standard InChI is InChI=1S/C22H28N4O3/c1-16(22(28)24-18-7-8-18)25-11-13-26(14-12-25)21(27)10-9-20-23-15-19(29-20)17-5-3-2-4-6-17/h2-6,15-16,18H,7-14H2,1H3,(H,24,28). The summed E-state index contributed by atoms with van der Waals surface area (Å²) in [5, 5.41) is 3.06. The number of nitrogens with zero attached hydrogens (tertiary/aromatic N) is 3. The SMILES string of the molecule is CC(C(=O)NC1CC1)N1CCN(C(=O)CCc2ncc(-c3ccccc3)o2)CC1. The smallest absolute Gasteiger partial charge is 0.237 e. The number of hydrogen-bond acceptors (Lipinski definition) is 5. The Morgan fingerprint density at radius 2 is 1.90 bits per heavy atom. The summed E-state index contributed by atoms with van der Waals surface area (Å²) >= 11 is 0. The molecule has 1 atom stereocenters. The average molecular weight is 396 g/mol. The third kappa shape index (κ3) is 5.03. The predicted octanol–water partition coefficient (Wildman–Crippen LogP) is 2.09. The second-order valence-corrected chi connectivity index (χ2v) is 7.86. The summed E-state index contributed by atoms with van der Waals surface area (Å²) in [6.45, 7) is 4.70. The Labute approximate surface area is 171 Å². The zero-order chi connectivity index (χ0) is 20.2. The number of oxazole rings is 1. The Morgan fingerprint density at radius 3 is 2.59 bits per heavy atom. The summed E-state index contributed by atoms with van der Waals surface area (Å²) in [4.78, 5) is 33.1. The van der Waals surface area contributed by atoms with Crippen LogP contribution in [0.4, 0.5) is 0 Å². The van der Waals surface area contributed by atoms with Crippen molar-refractivity contribution in [3.8, 4) is 11.3 Å². The number of amides is 2. The van der Waals surface area contributed by atoms with Crippen molar-refractivity contribution in [1.29, 1.82) is 0 Å². The maximum Gasteiger partial charge on any atom is 0.237 e. The predicted molar refractivity (Wildman–Crippen MR) is 109 cm³/mol. The number of benzene rings is 1. The molecule has 2 aliphatic rings. The van der Waals surface area contributed by atoms with Gasteiger partial charge in [-0.3, -0.25) is 14.5 Å². The highest BCUT2D eigenvalue weighted by Crippen LogP contribution is 2.21. The lowest BCUT2D eigenvalue weighted by molar-refractivity contribution is -0.134. The van der Waals surface area contributed by atoms with Crippen LogP contribution < -0.4 is 5.32 Å². The molecular weight excluding hydrogens is 368 g/mol. The summed E-state index contributed by atoms with van der Waals surface area (Å²) in [5.74, 6) is 1.52. The van der Waals surface area contributed by atoms with Gasteiger partial charge in [0, 0.05) is 50.6 Å². The highest BCUT2D eigenvalue weighted by atomic mass is 16.4. The minimum Gasteiger partial charge on any atom is -0.441 e. The van der Waals surface area contributed by atoms with E-state index < -0.39 is 0 Å². The van der Waals surface area contributed by atoms with E-state index in [2.05, 4.69) is 15.2 Å². The minimum absolute atomic E-state index is 0.102. The van der Waals surface area contributed by atoms with Crippen LogP contribution in [0.1, 0.15) is 32.1 Å². The lowest BCUT2D eigenvalue weighted by Crippen LogP contribution is -2.55. The fraction of sp³-hybridized carbons (Fsp3) is 0.500. The van der Waals surface area contributed by atoms with E-state index in [1.165, 1.54) is 0 Å². The Morgan fingerprint density at radius 1 is 1.17 bits per heavy atom. The van der Waals surface area contributed by atoms with Crippen molar-refractivity contribution in [1.82, 2.24) is 20.1 Å². The Balaban J connectivity index is 1.22. The molecule has 0 radical (unpaired) electrons. The van der Waals surface area contributed by atoms with Crippen molar-refractivity contribution in [2.24, 2.45) is 0 Å². The first-order valence-electron chi connectivity index (χ1n) is 10.4. The van der Waals surface area contributed by atoms with Gasteiger partial charge in [-0.1, -0.05) is 30.3 Å². The van der Waals surface area contributed by atoms with Gasteiger partial charge in [-0.25, -0.2) is 4.98 Å². The normalized spacial score (nSPS) is 18.4.